The molecule has 3 rings (SSSR count). The van der Waals surface area contributed by atoms with Gasteiger partial charge in [0.1, 0.15) is 17.7 Å². The summed E-state index contributed by atoms with van der Waals surface area (Å²) in [6.07, 6.45) is -1.82. The van der Waals surface area contributed by atoms with Crippen LogP contribution < -0.4 is 4.74 Å². The molecule has 2 aromatic carbocycles. The fourth-order valence-corrected chi connectivity index (χ4v) is 2.65. The topological polar surface area (TPSA) is 76.1 Å². The summed E-state index contributed by atoms with van der Waals surface area (Å²) in [6.45, 7) is 0.413. The van der Waals surface area contributed by atoms with Crippen LogP contribution in [0.4, 0.5) is 9.18 Å². The number of nitrogens with zero attached hydrogens (tertiary/aromatic N) is 1. The second-order valence-electron chi connectivity index (χ2n) is 5.52. The number of para-hydroxylation sites is 1. The van der Waals surface area contributed by atoms with Crippen LogP contribution in [0.2, 0.25) is 0 Å². The quantitative estimate of drug-likeness (QED) is 0.683. The van der Waals surface area contributed by atoms with E-state index in [9.17, 15) is 14.0 Å². The number of carboxylic acid groups (broad SMARTS) is 1. The molecule has 1 aliphatic heterocycles. The van der Waals surface area contributed by atoms with E-state index >= 15 is 0 Å². The largest absolute Gasteiger partial charge is 0.465 e. The molecular weight excluding hydrogens is 329 g/mol. The zero-order chi connectivity index (χ0) is 17.8. The molecule has 1 atom stereocenters. The van der Waals surface area contributed by atoms with E-state index in [0.717, 1.165) is 6.07 Å². The highest BCUT2D eigenvalue weighted by atomic mass is 19.1. The van der Waals surface area contributed by atoms with Gasteiger partial charge in [-0.2, -0.15) is 0 Å². The van der Waals surface area contributed by atoms with Crippen LogP contribution in [0.3, 0.4) is 0 Å². The third-order valence-corrected chi connectivity index (χ3v) is 3.87. The van der Waals surface area contributed by atoms with Crippen molar-refractivity contribution in [2.75, 3.05) is 19.7 Å². The number of hydrogen-bond acceptors (Lipinski definition) is 4. The Morgan fingerprint density at radius 3 is 2.68 bits per heavy atom. The minimum absolute atomic E-state index is 0.0183. The zero-order valence-corrected chi connectivity index (χ0v) is 13.2. The van der Waals surface area contributed by atoms with E-state index in [2.05, 4.69) is 0 Å². The molecule has 1 heterocycles. The second kappa shape index (κ2) is 7.31. The lowest BCUT2D eigenvalue weighted by Gasteiger charge is -2.31. The molecular formula is C18H16FNO5. The first kappa shape index (κ1) is 16.9. The standard InChI is InChI=1S/C18H16FNO5/c19-12-6-7-14(17(21)25-13-4-2-1-3-5-13)15(10-12)16-11-20(18(22)23)8-9-24-16/h1-7,10,16H,8-9,11H2,(H,22,23). The zero-order valence-electron chi connectivity index (χ0n) is 13.2. The predicted molar refractivity (Wildman–Crippen MR) is 86.1 cm³/mol. The molecule has 130 valence electrons. The third-order valence-electron chi connectivity index (χ3n) is 3.87. The number of rotatable bonds is 3. The van der Waals surface area contributed by atoms with E-state index in [1.807, 2.05) is 0 Å². The molecule has 7 heteroatoms. The number of carbonyl (C=O) groups excluding carboxylic acids is 1. The number of esters is 1. The molecule has 1 aliphatic rings. The summed E-state index contributed by atoms with van der Waals surface area (Å²) in [5, 5.41) is 9.14. The van der Waals surface area contributed by atoms with Crippen molar-refractivity contribution in [3.63, 3.8) is 0 Å². The summed E-state index contributed by atoms with van der Waals surface area (Å²) in [5.74, 6) is -0.834. The molecule has 0 radical (unpaired) electrons. The molecule has 6 nitrogen and oxygen atoms in total. The maximum absolute atomic E-state index is 13.7. The van der Waals surface area contributed by atoms with Gasteiger partial charge < -0.3 is 19.5 Å². The van der Waals surface area contributed by atoms with Crippen molar-refractivity contribution in [3.05, 3.63) is 65.5 Å². The van der Waals surface area contributed by atoms with Gasteiger partial charge in [0.15, 0.2) is 0 Å². The summed E-state index contributed by atoms with van der Waals surface area (Å²) in [6, 6.07) is 12.2. The molecule has 0 bridgehead atoms. The summed E-state index contributed by atoms with van der Waals surface area (Å²) < 4.78 is 24.6. The van der Waals surface area contributed by atoms with Gasteiger partial charge in [-0.25, -0.2) is 14.0 Å². The van der Waals surface area contributed by atoms with Gasteiger partial charge in [0.2, 0.25) is 0 Å². The fourth-order valence-electron chi connectivity index (χ4n) is 2.65. The van der Waals surface area contributed by atoms with Crippen LogP contribution in [0.1, 0.15) is 22.0 Å². The number of carbonyl (C=O) groups is 2. The molecule has 1 N–H and O–H groups in total. The first-order chi connectivity index (χ1) is 12.0. The molecule has 0 spiro atoms. The molecule has 1 saturated heterocycles. The lowest BCUT2D eigenvalue weighted by molar-refractivity contribution is -0.0237. The molecule has 0 aliphatic carbocycles. The van der Waals surface area contributed by atoms with Crippen molar-refractivity contribution in [2.45, 2.75) is 6.10 Å². The second-order valence-corrected chi connectivity index (χ2v) is 5.52. The summed E-state index contributed by atoms with van der Waals surface area (Å²) >= 11 is 0. The molecule has 25 heavy (non-hydrogen) atoms. The first-order valence-corrected chi connectivity index (χ1v) is 7.71. The van der Waals surface area contributed by atoms with Crippen LogP contribution in [-0.2, 0) is 4.74 Å². The molecule has 1 amide bonds. The Bertz CT molecular complexity index is 780. The summed E-state index contributed by atoms with van der Waals surface area (Å²) in [7, 11) is 0. The van der Waals surface area contributed by atoms with Gasteiger partial charge in [0.05, 0.1) is 18.7 Å². The van der Waals surface area contributed by atoms with Gasteiger partial charge in [-0.15, -0.1) is 0 Å². The first-order valence-electron chi connectivity index (χ1n) is 7.71. The number of morpholine rings is 1. The van der Waals surface area contributed by atoms with E-state index in [4.69, 9.17) is 14.6 Å². The smallest absolute Gasteiger partial charge is 0.407 e. The maximum Gasteiger partial charge on any atom is 0.407 e. The molecule has 0 saturated carbocycles. The normalized spacial score (nSPS) is 17.2. The minimum Gasteiger partial charge on any atom is -0.465 e. The lowest BCUT2D eigenvalue weighted by atomic mass is 10.0. The van der Waals surface area contributed by atoms with Gasteiger partial charge >= 0.3 is 12.1 Å². The molecule has 1 fully saturated rings. The Kier molecular flexibility index (Phi) is 4.95. The minimum atomic E-state index is -1.09. The Hall–Kier alpha value is -2.93. The van der Waals surface area contributed by atoms with Gasteiger partial charge in [-0.1, -0.05) is 18.2 Å². The average Bonchev–Trinajstić information content (AvgIpc) is 2.62. The Morgan fingerprint density at radius 1 is 1.20 bits per heavy atom. The van der Waals surface area contributed by atoms with Gasteiger partial charge in [-0.05, 0) is 35.9 Å². The van der Waals surface area contributed by atoms with E-state index in [1.165, 1.54) is 17.0 Å². The van der Waals surface area contributed by atoms with Crippen molar-refractivity contribution < 1.29 is 28.6 Å². The SMILES string of the molecule is O=C(Oc1ccccc1)c1ccc(F)cc1C1CN(C(=O)O)CCO1. The molecule has 1 unspecified atom stereocenters. The van der Waals surface area contributed by atoms with Gasteiger partial charge in [-0.3, -0.25) is 0 Å². The van der Waals surface area contributed by atoms with Crippen molar-refractivity contribution in [1.82, 2.24) is 4.90 Å². The predicted octanol–water partition coefficient (Wildman–Crippen LogP) is 3.10. The highest BCUT2D eigenvalue weighted by Gasteiger charge is 2.29. The number of hydrogen-bond donors (Lipinski definition) is 1. The van der Waals surface area contributed by atoms with Crippen molar-refractivity contribution in [3.8, 4) is 5.75 Å². The monoisotopic (exact) mass is 345 g/mol. The van der Waals surface area contributed by atoms with Crippen LogP contribution >= 0.6 is 0 Å². The number of halogens is 1. The summed E-state index contributed by atoms with van der Waals surface area (Å²) in [5.41, 5.74) is 0.411. The Morgan fingerprint density at radius 2 is 1.96 bits per heavy atom. The highest BCUT2D eigenvalue weighted by Crippen LogP contribution is 2.27. The van der Waals surface area contributed by atoms with Crippen LogP contribution in [0.5, 0.6) is 5.75 Å². The Balaban J connectivity index is 1.87. The molecule has 0 aromatic heterocycles. The Labute approximate surface area is 143 Å². The highest BCUT2D eigenvalue weighted by molar-refractivity contribution is 5.92. The number of ether oxygens (including phenoxy) is 2. The van der Waals surface area contributed by atoms with Crippen LogP contribution in [0.15, 0.2) is 48.5 Å². The van der Waals surface area contributed by atoms with Gasteiger partial charge in [0, 0.05) is 6.54 Å². The van der Waals surface area contributed by atoms with Crippen molar-refractivity contribution in [2.24, 2.45) is 0 Å². The lowest BCUT2D eigenvalue weighted by Crippen LogP contribution is -2.41. The summed E-state index contributed by atoms with van der Waals surface area (Å²) in [4.78, 5) is 24.8. The van der Waals surface area contributed by atoms with Crippen LogP contribution in [0, 0.1) is 5.82 Å². The maximum atomic E-state index is 13.7. The van der Waals surface area contributed by atoms with Crippen LogP contribution in [0.25, 0.3) is 0 Å². The van der Waals surface area contributed by atoms with E-state index in [-0.39, 0.29) is 30.8 Å². The van der Waals surface area contributed by atoms with Crippen LogP contribution in [-0.4, -0.2) is 41.8 Å². The van der Waals surface area contributed by atoms with E-state index in [1.54, 1.807) is 30.3 Å². The van der Waals surface area contributed by atoms with Gasteiger partial charge in [0.25, 0.3) is 0 Å². The fraction of sp³-hybridized carbons (Fsp3) is 0.222. The van der Waals surface area contributed by atoms with Crippen molar-refractivity contribution >= 4 is 12.1 Å². The average molecular weight is 345 g/mol. The van der Waals surface area contributed by atoms with E-state index in [0.29, 0.717) is 5.75 Å². The number of benzene rings is 2. The third kappa shape index (κ3) is 3.95. The molecule has 2 aromatic rings. The number of amides is 1. The van der Waals surface area contributed by atoms with Crippen molar-refractivity contribution in [1.29, 1.82) is 0 Å². The van der Waals surface area contributed by atoms with E-state index < -0.39 is 24.0 Å².